The van der Waals surface area contributed by atoms with Crippen LogP contribution < -0.4 is 10.2 Å². The van der Waals surface area contributed by atoms with E-state index < -0.39 is 0 Å². The van der Waals surface area contributed by atoms with Gasteiger partial charge in [0.2, 0.25) is 0 Å². The minimum absolute atomic E-state index is 0.0731. The number of amides is 1. The molecule has 2 N–H and O–H groups in total. The van der Waals surface area contributed by atoms with Gasteiger partial charge in [-0.2, -0.15) is 5.10 Å². The molecule has 118 valence electrons. The Labute approximate surface area is 134 Å². The van der Waals surface area contributed by atoms with Crippen LogP contribution in [0.2, 0.25) is 0 Å². The average Bonchev–Trinajstić information content (AvgIpc) is 2.58. The monoisotopic (exact) mass is 311 g/mol. The Hall–Kier alpha value is -3.15. The first-order valence-corrected chi connectivity index (χ1v) is 6.90. The fourth-order valence-corrected chi connectivity index (χ4v) is 1.96. The Balaban J connectivity index is 2.14. The van der Waals surface area contributed by atoms with Crippen molar-refractivity contribution < 1.29 is 14.6 Å². The van der Waals surface area contributed by atoms with Gasteiger partial charge >= 0.3 is 0 Å². The van der Waals surface area contributed by atoms with Crippen molar-refractivity contribution in [2.45, 2.75) is 6.42 Å². The van der Waals surface area contributed by atoms with Crippen LogP contribution in [0.5, 0.6) is 11.5 Å². The second-order valence-electron chi connectivity index (χ2n) is 4.66. The summed E-state index contributed by atoms with van der Waals surface area (Å²) in [6.45, 7) is 3.65. The lowest BCUT2D eigenvalue weighted by molar-refractivity contribution is 0.0955. The third kappa shape index (κ3) is 4.16. The molecule has 6 nitrogen and oxygen atoms in total. The number of phenolic OH excluding ortho intramolecular Hbond substituents is 1. The van der Waals surface area contributed by atoms with Gasteiger partial charge in [0.15, 0.2) is 11.5 Å². The summed E-state index contributed by atoms with van der Waals surface area (Å²) in [5.74, 6) is 0.0553. The van der Waals surface area contributed by atoms with Crippen LogP contribution in [-0.4, -0.2) is 29.3 Å². The number of pyridine rings is 1. The van der Waals surface area contributed by atoms with E-state index in [0.29, 0.717) is 28.9 Å². The third-order valence-electron chi connectivity index (χ3n) is 3.06. The Bertz CT molecular complexity index is 727. The predicted molar refractivity (Wildman–Crippen MR) is 87.9 cm³/mol. The van der Waals surface area contributed by atoms with Crippen LogP contribution in [0.1, 0.15) is 21.5 Å². The van der Waals surface area contributed by atoms with Crippen LogP contribution in [0.4, 0.5) is 0 Å². The van der Waals surface area contributed by atoms with E-state index in [1.54, 1.807) is 36.5 Å². The first kappa shape index (κ1) is 16.2. The van der Waals surface area contributed by atoms with Gasteiger partial charge in [0.05, 0.1) is 18.9 Å². The predicted octanol–water partition coefficient (Wildman–Crippen LogP) is 2.29. The summed E-state index contributed by atoms with van der Waals surface area (Å²) >= 11 is 0. The van der Waals surface area contributed by atoms with Crippen molar-refractivity contribution in [1.29, 1.82) is 0 Å². The number of rotatable bonds is 6. The van der Waals surface area contributed by atoms with Crippen molar-refractivity contribution in [1.82, 2.24) is 10.4 Å². The Morgan fingerprint density at radius 2 is 2.35 bits per heavy atom. The molecule has 0 radical (unpaired) electrons. The van der Waals surface area contributed by atoms with Crippen molar-refractivity contribution in [3.8, 4) is 11.5 Å². The lowest BCUT2D eigenvalue weighted by Gasteiger charge is -2.09. The first-order valence-electron chi connectivity index (χ1n) is 6.90. The number of nitrogens with one attached hydrogen (secondary N) is 1. The quantitative estimate of drug-likeness (QED) is 0.487. The Morgan fingerprint density at radius 3 is 3.00 bits per heavy atom. The molecule has 1 amide bonds. The molecule has 6 heteroatoms. The molecule has 1 aromatic heterocycles. The highest BCUT2D eigenvalue weighted by atomic mass is 16.5. The molecule has 1 aromatic carbocycles. The van der Waals surface area contributed by atoms with Gasteiger partial charge in [-0.3, -0.25) is 9.78 Å². The van der Waals surface area contributed by atoms with Crippen LogP contribution in [0, 0.1) is 0 Å². The van der Waals surface area contributed by atoms with E-state index in [2.05, 4.69) is 22.1 Å². The second kappa shape index (κ2) is 7.74. The topological polar surface area (TPSA) is 83.8 Å². The lowest BCUT2D eigenvalue weighted by atomic mass is 10.1. The molecule has 23 heavy (non-hydrogen) atoms. The van der Waals surface area contributed by atoms with Crippen LogP contribution in [0.15, 0.2) is 54.4 Å². The molecule has 0 fully saturated rings. The molecule has 0 aliphatic rings. The molecule has 2 rings (SSSR count). The molecule has 2 aromatic rings. The minimum atomic E-state index is -0.355. The molecular weight excluding hydrogens is 294 g/mol. The molecule has 0 saturated heterocycles. The van der Waals surface area contributed by atoms with Crippen LogP contribution in [-0.2, 0) is 6.42 Å². The SMILES string of the molecule is C=CCc1cc(/C=N/NC(=O)c2cccnc2)cc(OC)c1O. The summed E-state index contributed by atoms with van der Waals surface area (Å²) in [7, 11) is 1.47. The molecule has 0 saturated carbocycles. The van der Waals surface area contributed by atoms with Gasteiger partial charge in [0.1, 0.15) is 0 Å². The number of benzene rings is 1. The first-order chi connectivity index (χ1) is 11.2. The molecule has 0 unspecified atom stereocenters. The second-order valence-corrected chi connectivity index (χ2v) is 4.66. The van der Waals surface area contributed by atoms with E-state index in [9.17, 15) is 9.90 Å². The number of carbonyl (C=O) groups is 1. The number of aromatic nitrogens is 1. The summed E-state index contributed by atoms with van der Waals surface area (Å²) < 4.78 is 5.13. The number of phenols is 1. The maximum Gasteiger partial charge on any atom is 0.272 e. The number of aromatic hydroxyl groups is 1. The van der Waals surface area contributed by atoms with Crippen molar-refractivity contribution in [2.75, 3.05) is 7.11 Å². The molecule has 0 spiro atoms. The number of methoxy groups -OCH3 is 1. The van der Waals surface area contributed by atoms with Gasteiger partial charge in [-0.25, -0.2) is 5.43 Å². The van der Waals surface area contributed by atoms with Crippen LogP contribution in [0.25, 0.3) is 0 Å². The smallest absolute Gasteiger partial charge is 0.272 e. The maximum atomic E-state index is 11.8. The number of hydrogen-bond donors (Lipinski definition) is 2. The number of hydrogen-bond acceptors (Lipinski definition) is 5. The zero-order valence-electron chi connectivity index (χ0n) is 12.7. The van der Waals surface area contributed by atoms with E-state index in [-0.39, 0.29) is 11.7 Å². The van der Waals surface area contributed by atoms with Crippen molar-refractivity contribution >= 4 is 12.1 Å². The lowest BCUT2D eigenvalue weighted by Crippen LogP contribution is -2.17. The average molecular weight is 311 g/mol. The summed E-state index contributed by atoms with van der Waals surface area (Å²) in [5.41, 5.74) is 4.18. The van der Waals surface area contributed by atoms with E-state index in [4.69, 9.17) is 4.74 Å². The number of hydrazone groups is 1. The zero-order chi connectivity index (χ0) is 16.7. The van der Waals surface area contributed by atoms with Crippen molar-refractivity contribution in [3.63, 3.8) is 0 Å². The summed E-state index contributed by atoms with van der Waals surface area (Å²) in [6.07, 6.45) is 6.69. The fraction of sp³-hybridized carbons (Fsp3) is 0.118. The highest BCUT2D eigenvalue weighted by Gasteiger charge is 2.09. The van der Waals surface area contributed by atoms with Gasteiger partial charge in [0, 0.05) is 18.0 Å². The zero-order valence-corrected chi connectivity index (χ0v) is 12.7. The van der Waals surface area contributed by atoms with E-state index in [1.807, 2.05) is 0 Å². The van der Waals surface area contributed by atoms with Gasteiger partial charge < -0.3 is 9.84 Å². The van der Waals surface area contributed by atoms with Crippen LogP contribution in [0.3, 0.4) is 0 Å². The Kier molecular flexibility index (Phi) is 5.46. The van der Waals surface area contributed by atoms with Gasteiger partial charge in [-0.05, 0) is 36.2 Å². The number of allylic oxidation sites excluding steroid dienone is 1. The molecule has 0 bridgehead atoms. The molecule has 0 atom stereocenters. The minimum Gasteiger partial charge on any atom is -0.504 e. The summed E-state index contributed by atoms with van der Waals surface area (Å²) in [4.78, 5) is 15.7. The molecular formula is C17H17N3O3. The number of carbonyl (C=O) groups excluding carboxylic acids is 1. The molecule has 1 heterocycles. The van der Waals surface area contributed by atoms with Crippen molar-refractivity contribution in [3.05, 3.63) is 66.0 Å². The number of nitrogens with zero attached hydrogens (tertiary/aromatic N) is 2. The van der Waals surface area contributed by atoms with E-state index in [0.717, 1.165) is 0 Å². The standard InChI is InChI=1S/C17H17N3O3/c1-3-5-13-8-12(9-15(23-2)16(13)21)10-19-20-17(22)14-6-4-7-18-11-14/h3-4,6-11,21H,1,5H2,2H3,(H,20,22)/b19-10+. The summed E-state index contributed by atoms with van der Waals surface area (Å²) in [5, 5.41) is 13.9. The van der Waals surface area contributed by atoms with E-state index >= 15 is 0 Å². The molecule has 0 aliphatic heterocycles. The highest BCUT2D eigenvalue weighted by Crippen LogP contribution is 2.31. The van der Waals surface area contributed by atoms with Crippen molar-refractivity contribution in [2.24, 2.45) is 5.10 Å². The normalized spacial score (nSPS) is 10.5. The van der Waals surface area contributed by atoms with Gasteiger partial charge in [-0.1, -0.05) is 6.08 Å². The fourth-order valence-electron chi connectivity index (χ4n) is 1.96. The Morgan fingerprint density at radius 1 is 1.52 bits per heavy atom. The largest absolute Gasteiger partial charge is 0.504 e. The number of ether oxygens (including phenoxy) is 1. The molecule has 0 aliphatic carbocycles. The third-order valence-corrected chi connectivity index (χ3v) is 3.06. The highest BCUT2D eigenvalue weighted by molar-refractivity contribution is 5.94. The van der Waals surface area contributed by atoms with Gasteiger partial charge in [0.25, 0.3) is 5.91 Å². The summed E-state index contributed by atoms with van der Waals surface area (Å²) in [6, 6.07) is 6.69. The maximum absolute atomic E-state index is 11.8. The van der Waals surface area contributed by atoms with Gasteiger partial charge in [-0.15, -0.1) is 6.58 Å². The van der Waals surface area contributed by atoms with E-state index in [1.165, 1.54) is 19.5 Å². The van der Waals surface area contributed by atoms with Crippen LogP contribution >= 0.6 is 0 Å².